The third kappa shape index (κ3) is 4.13. The van der Waals surface area contributed by atoms with Crippen molar-refractivity contribution in [2.75, 3.05) is 24.1 Å². The predicted molar refractivity (Wildman–Crippen MR) is 107 cm³/mol. The Labute approximate surface area is 159 Å². The fourth-order valence-corrected chi connectivity index (χ4v) is 5.49. The monoisotopic (exact) mass is 399 g/mol. The smallest absolute Gasteiger partial charge is 0.229 e. The number of fused-ring (bicyclic) bond motifs is 1. The molecule has 1 aliphatic carbocycles. The Kier molecular flexibility index (Phi) is 5.24. The molecule has 0 amide bonds. The lowest BCUT2D eigenvalue weighted by atomic mass is 9.73. The van der Waals surface area contributed by atoms with Crippen LogP contribution in [0.25, 0.3) is 0 Å². The van der Waals surface area contributed by atoms with E-state index in [1.165, 1.54) is 0 Å². The summed E-state index contributed by atoms with van der Waals surface area (Å²) in [7, 11) is -4.47. The van der Waals surface area contributed by atoms with Crippen LogP contribution in [0, 0.1) is 5.41 Å². The van der Waals surface area contributed by atoms with Gasteiger partial charge in [0.1, 0.15) is 0 Å². The SMILES string of the molecule is CC(C)(C)S(=O)N[C@@H]1c2ccc(NS(C)(=O)=O)cc2CC12CCNCC2. The van der Waals surface area contributed by atoms with Gasteiger partial charge < -0.3 is 5.32 Å². The molecule has 1 saturated heterocycles. The highest BCUT2D eigenvalue weighted by molar-refractivity contribution is 7.92. The maximum Gasteiger partial charge on any atom is 0.229 e. The number of anilines is 1. The summed E-state index contributed by atoms with van der Waals surface area (Å²) in [6, 6.07) is 5.74. The first-order valence-corrected chi connectivity index (χ1v) is 12.0. The summed E-state index contributed by atoms with van der Waals surface area (Å²) in [5.41, 5.74) is 2.90. The van der Waals surface area contributed by atoms with Crippen LogP contribution >= 0.6 is 0 Å². The minimum atomic E-state index is -3.30. The fourth-order valence-electron chi connectivity index (χ4n) is 3.99. The average Bonchev–Trinajstić information content (AvgIpc) is 2.78. The summed E-state index contributed by atoms with van der Waals surface area (Å²) in [5.74, 6) is 0. The summed E-state index contributed by atoms with van der Waals surface area (Å²) in [6.07, 6.45) is 4.05. The summed E-state index contributed by atoms with van der Waals surface area (Å²) < 4.78 is 41.5. The van der Waals surface area contributed by atoms with Crippen LogP contribution in [-0.2, 0) is 27.4 Å². The number of rotatable bonds is 4. The Balaban J connectivity index is 1.96. The van der Waals surface area contributed by atoms with Gasteiger partial charge in [-0.1, -0.05) is 6.07 Å². The van der Waals surface area contributed by atoms with E-state index in [1.807, 2.05) is 32.9 Å². The molecule has 146 valence electrons. The van der Waals surface area contributed by atoms with Crippen LogP contribution in [0.1, 0.15) is 50.8 Å². The van der Waals surface area contributed by atoms with E-state index in [4.69, 9.17) is 0 Å². The van der Waals surface area contributed by atoms with Crippen molar-refractivity contribution < 1.29 is 12.6 Å². The van der Waals surface area contributed by atoms with Gasteiger partial charge in [0.15, 0.2) is 0 Å². The molecule has 0 aromatic heterocycles. The van der Waals surface area contributed by atoms with E-state index in [0.29, 0.717) is 5.69 Å². The Hall–Kier alpha value is -0.960. The number of piperidine rings is 1. The van der Waals surface area contributed by atoms with Gasteiger partial charge in [0.25, 0.3) is 0 Å². The summed E-state index contributed by atoms with van der Waals surface area (Å²) in [6.45, 7) is 7.81. The lowest BCUT2D eigenvalue weighted by Gasteiger charge is -2.40. The van der Waals surface area contributed by atoms with E-state index in [1.54, 1.807) is 6.07 Å². The minimum absolute atomic E-state index is 0.0203. The maximum atomic E-state index is 12.8. The molecule has 1 fully saturated rings. The standard InChI is InChI=1S/C18H29N3O3S2/c1-17(2,3)25(22)20-16-15-6-5-14(21-26(4,23)24)11-13(15)12-18(16)7-9-19-10-8-18/h5-6,11,16,19-21H,7-10,12H2,1-4H3/t16-,25?/m1/s1. The third-order valence-corrected chi connectivity index (χ3v) is 7.46. The minimum Gasteiger partial charge on any atom is -0.317 e. The molecule has 0 radical (unpaired) electrons. The van der Waals surface area contributed by atoms with Gasteiger partial charge in [-0.25, -0.2) is 17.3 Å². The normalized spacial score (nSPS) is 23.6. The van der Waals surface area contributed by atoms with Crippen LogP contribution < -0.4 is 14.8 Å². The molecule has 1 aromatic rings. The lowest BCUT2D eigenvalue weighted by molar-refractivity contribution is 0.165. The van der Waals surface area contributed by atoms with Crippen LogP contribution in [0.4, 0.5) is 5.69 Å². The van der Waals surface area contributed by atoms with E-state index >= 15 is 0 Å². The molecule has 1 heterocycles. The van der Waals surface area contributed by atoms with Crippen molar-refractivity contribution in [2.45, 2.75) is 50.8 Å². The molecule has 0 bridgehead atoms. The first-order valence-electron chi connectivity index (χ1n) is 9.00. The highest BCUT2D eigenvalue weighted by Crippen LogP contribution is 2.52. The number of hydrogen-bond donors (Lipinski definition) is 3. The quantitative estimate of drug-likeness (QED) is 0.723. The zero-order valence-corrected chi connectivity index (χ0v) is 17.5. The van der Waals surface area contributed by atoms with Crippen LogP contribution in [-0.4, -0.2) is 36.7 Å². The largest absolute Gasteiger partial charge is 0.317 e. The molecule has 2 atom stereocenters. The van der Waals surface area contributed by atoms with Crippen LogP contribution in [0.5, 0.6) is 0 Å². The molecule has 3 rings (SSSR count). The summed E-state index contributed by atoms with van der Waals surface area (Å²) >= 11 is 0. The van der Waals surface area contributed by atoms with Gasteiger partial charge in [-0.2, -0.15) is 0 Å². The highest BCUT2D eigenvalue weighted by atomic mass is 32.2. The van der Waals surface area contributed by atoms with Gasteiger partial charge in [0, 0.05) is 5.69 Å². The van der Waals surface area contributed by atoms with Crippen molar-refractivity contribution >= 4 is 26.7 Å². The molecule has 1 unspecified atom stereocenters. The van der Waals surface area contributed by atoms with Crippen molar-refractivity contribution in [3.63, 3.8) is 0 Å². The Morgan fingerprint density at radius 1 is 1.23 bits per heavy atom. The first-order chi connectivity index (χ1) is 12.0. The van der Waals surface area contributed by atoms with E-state index in [0.717, 1.165) is 49.7 Å². The van der Waals surface area contributed by atoms with E-state index in [2.05, 4.69) is 14.8 Å². The molecule has 8 heteroatoms. The average molecular weight is 400 g/mol. The maximum absolute atomic E-state index is 12.8. The van der Waals surface area contributed by atoms with E-state index < -0.39 is 21.0 Å². The predicted octanol–water partition coefficient (Wildman–Crippen LogP) is 2.08. The van der Waals surface area contributed by atoms with Crippen molar-refractivity contribution in [3.05, 3.63) is 29.3 Å². The zero-order chi connectivity index (χ0) is 19.2. The second kappa shape index (κ2) is 6.89. The van der Waals surface area contributed by atoms with Gasteiger partial charge in [-0.3, -0.25) is 4.72 Å². The molecule has 1 aliphatic heterocycles. The molecular formula is C18H29N3O3S2. The van der Waals surface area contributed by atoms with Gasteiger partial charge in [-0.15, -0.1) is 0 Å². The second-order valence-electron chi connectivity index (χ2n) is 8.51. The van der Waals surface area contributed by atoms with Crippen molar-refractivity contribution in [1.82, 2.24) is 10.0 Å². The third-order valence-electron chi connectivity index (χ3n) is 5.29. The highest BCUT2D eigenvalue weighted by Gasteiger charge is 2.47. The number of nitrogens with one attached hydrogen (secondary N) is 3. The molecule has 2 aliphatic rings. The molecule has 1 aromatic carbocycles. The van der Waals surface area contributed by atoms with Crippen LogP contribution in [0.2, 0.25) is 0 Å². The summed E-state index contributed by atoms with van der Waals surface area (Å²) in [5, 5.41) is 3.41. The van der Waals surface area contributed by atoms with Gasteiger partial charge in [0.05, 0.1) is 28.0 Å². The number of benzene rings is 1. The number of sulfonamides is 1. The fraction of sp³-hybridized carbons (Fsp3) is 0.667. The van der Waals surface area contributed by atoms with Crippen molar-refractivity contribution in [2.24, 2.45) is 5.41 Å². The second-order valence-corrected chi connectivity index (χ2v) is 12.3. The van der Waals surface area contributed by atoms with E-state index in [9.17, 15) is 12.6 Å². The van der Waals surface area contributed by atoms with Gasteiger partial charge >= 0.3 is 0 Å². The molecule has 3 N–H and O–H groups in total. The topological polar surface area (TPSA) is 87.3 Å². The van der Waals surface area contributed by atoms with Gasteiger partial charge in [-0.05, 0) is 81.8 Å². The molecule has 6 nitrogen and oxygen atoms in total. The molecular weight excluding hydrogens is 370 g/mol. The summed E-state index contributed by atoms with van der Waals surface area (Å²) in [4.78, 5) is 0. The number of hydrogen-bond acceptors (Lipinski definition) is 4. The Morgan fingerprint density at radius 3 is 2.46 bits per heavy atom. The van der Waals surface area contributed by atoms with Gasteiger partial charge in [0.2, 0.25) is 10.0 Å². The van der Waals surface area contributed by atoms with E-state index in [-0.39, 0.29) is 16.2 Å². The first kappa shape index (κ1) is 19.8. The molecule has 1 spiro atoms. The lowest BCUT2D eigenvalue weighted by Crippen LogP contribution is -2.46. The van der Waals surface area contributed by atoms with Crippen LogP contribution in [0.3, 0.4) is 0 Å². The Morgan fingerprint density at radius 2 is 1.88 bits per heavy atom. The van der Waals surface area contributed by atoms with Crippen molar-refractivity contribution in [3.8, 4) is 0 Å². The zero-order valence-electron chi connectivity index (χ0n) is 15.9. The van der Waals surface area contributed by atoms with Crippen LogP contribution in [0.15, 0.2) is 18.2 Å². The molecule has 26 heavy (non-hydrogen) atoms. The molecule has 0 saturated carbocycles. The van der Waals surface area contributed by atoms with Crippen molar-refractivity contribution in [1.29, 1.82) is 0 Å². The Bertz CT molecular complexity index is 809.